The fourth-order valence-corrected chi connectivity index (χ4v) is 2.81. The van der Waals surface area contributed by atoms with E-state index in [0.717, 1.165) is 37.6 Å². The zero-order valence-electron chi connectivity index (χ0n) is 9.61. The Morgan fingerprint density at radius 1 is 1.18 bits per heavy atom. The lowest BCUT2D eigenvalue weighted by Gasteiger charge is -2.05. The summed E-state index contributed by atoms with van der Waals surface area (Å²) in [5.74, 6) is 2.17. The molecule has 2 aliphatic heterocycles. The van der Waals surface area contributed by atoms with Crippen LogP contribution in [0.25, 0.3) is 11.4 Å². The summed E-state index contributed by atoms with van der Waals surface area (Å²) in [6, 6.07) is 6.56. The Balaban J connectivity index is 1.84. The lowest BCUT2D eigenvalue weighted by atomic mass is 10.1. The second-order valence-corrected chi connectivity index (χ2v) is 4.74. The summed E-state index contributed by atoms with van der Waals surface area (Å²) < 4.78 is 2.25. The van der Waals surface area contributed by atoms with Crippen molar-refractivity contribution in [2.45, 2.75) is 25.8 Å². The molecule has 17 heavy (non-hydrogen) atoms. The molecule has 0 atom stereocenters. The highest BCUT2D eigenvalue weighted by atomic mass is 15.3. The molecule has 1 aromatic carbocycles. The topological polar surface area (TPSA) is 42.7 Å². The predicted molar refractivity (Wildman–Crippen MR) is 66.0 cm³/mol. The van der Waals surface area contributed by atoms with Crippen molar-refractivity contribution in [2.75, 3.05) is 11.9 Å². The molecule has 2 aliphatic rings. The summed E-state index contributed by atoms with van der Waals surface area (Å²) in [5, 5.41) is 12.0. The molecule has 86 valence electrons. The molecule has 0 spiro atoms. The normalized spacial score (nSPS) is 16.7. The number of fused-ring (bicyclic) bond motifs is 2. The van der Waals surface area contributed by atoms with Crippen molar-refractivity contribution in [3.8, 4) is 11.4 Å². The maximum absolute atomic E-state index is 4.33. The average Bonchev–Trinajstić information content (AvgIpc) is 3.03. The van der Waals surface area contributed by atoms with Crippen LogP contribution in [-0.4, -0.2) is 21.3 Å². The number of hydrogen-bond acceptors (Lipinski definition) is 3. The molecule has 4 rings (SSSR count). The highest BCUT2D eigenvalue weighted by molar-refractivity contribution is 5.66. The minimum atomic E-state index is 1.03. The van der Waals surface area contributed by atoms with Gasteiger partial charge in [0.25, 0.3) is 0 Å². The maximum atomic E-state index is 4.33. The largest absolute Gasteiger partial charge is 0.384 e. The van der Waals surface area contributed by atoms with Gasteiger partial charge in [-0.15, -0.1) is 10.2 Å². The van der Waals surface area contributed by atoms with Gasteiger partial charge in [-0.1, -0.05) is 0 Å². The summed E-state index contributed by atoms with van der Waals surface area (Å²) >= 11 is 0. The molecule has 4 heteroatoms. The van der Waals surface area contributed by atoms with Crippen LogP contribution in [-0.2, 0) is 19.4 Å². The molecule has 0 bridgehead atoms. The van der Waals surface area contributed by atoms with E-state index in [-0.39, 0.29) is 0 Å². The Labute approximate surface area is 99.7 Å². The Bertz CT molecular complexity index is 585. The van der Waals surface area contributed by atoms with E-state index in [1.54, 1.807) is 0 Å². The van der Waals surface area contributed by atoms with Gasteiger partial charge in [-0.25, -0.2) is 0 Å². The van der Waals surface area contributed by atoms with Crippen LogP contribution in [0.1, 0.15) is 17.8 Å². The minimum absolute atomic E-state index is 1.03. The molecular formula is C13H14N4. The number of anilines is 1. The standard InChI is InChI=1S/C13H14N4/c1-2-12-15-16-13(17(12)7-1)10-3-4-11-9(8-10)5-6-14-11/h3-4,8,14H,1-2,5-7H2. The van der Waals surface area contributed by atoms with Crippen LogP contribution in [0.3, 0.4) is 0 Å². The third kappa shape index (κ3) is 1.30. The highest BCUT2D eigenvalue weighted by Crippen LogP contribution is 2.29. The molecule has 0 aliphatic carbocycles. The smallest absolute Gasteiger partial charge is 0.163 e. The molecule has 2 aromatic rings. The Kier molecular flexibility index (Phi) is 1.80. The fraction of sp³-hybridized carbons (Fsp3) is 0.385. The number of nitrogens with one attached hydrogen (secondary N) is 1. The predicted octanol–water partition coefficient (Wildman–Crippen LogP) is 1.86. The third-order valence-electron chi connectivity index (χ3n) is 3.68. The monoisotopic (exact) mass is 226 g/mol. The number of nitrogens with zero attached hydrogens (tertiary/aromatic N) is 3. The minimum Gasteiger partial charge on any atom is -0.384 e. The van der Waals surface area contributed by atoms with Gasteiger partial charge in [0.15, 0.2) is 5.82 Å². The van der Waals surface area contributed by atoms with E-state index in [1.165, 1.54) is 23.2 Å². The van der Waals surface area contributed by atoms with Crippen molar-refractivity contribution < 1.29 is 0 Å². The second-order valence-electron chi connectivity index (χ2n) is 4.74. The first kappa shape index (κ1) is 9.22. The molecule has 0 saturated heterocycles. The van der Waals surface area contributed by atoms with E-state index in [0.29, 0.717) is 0 Å². The summed E-state index contributed by atoms with van der Waals surface area (Å²) in [4.78, 5) is 0. The Morgan fingerprint density at radius 3 is 3.18 bits per heavy atom. The van der Waals surface area contributed by atoms with Crippen molar-refractivity contribution in [3.63, 3.8) is 0 Å². The zero-order valence-corrected chi connectivity index (χ0v) is 9.61. The quantitative estimate of drug-likeness (QED) is 0.807. The van der Waals surface area contributed by atoms with E-state index in [4.69, 9.17) is 0 Å². The van der Waals surface area contributed by atoms with E-state index < -0.39 is 0 Å². The molecular weight excluding hydrogens is 212 g/mol. The van der Waals surface area contributed by atoms with Gasteiger partial charge in [0.2, 0.25) is 0 Å². The van der Waals surface area contributed by atoms with Gasteiger partial charge in [-0.3, -0.25) is 0 Å². The van der Waals surface area contributed by atoms with Gasteiger partial charge in [-0.05, 0) is 36.6 Å². The first-order chi connectivity index (χ1) is 8.42. The van der Waals surface area contributed by atoms with Crippen LogP contribution in [0, 0.1) is 0 Å². The van der Waals surface area contributed by atoms with Crippen molar-refractivity contribution in [1.82, 2.24) is 14.8 Å². The number of benzene rings is 1. The van der Waals surface area contributed by atoms with E-state index >= 15 is 0 Å². The second kappa shape index (κ2) is 3.32. The molecule has 1 aromatic heterocycles. The van der Waals surface area contributed by atoms with E-state index in [9.17, 15) is 0 Å². The van der Waals surface area contributed by atoms with Crippen LogP contribution in [0.5, 0.6) is 0 Å². The van der Waals surface area contributed by atoms with Crippen LogP contribution in [0.2, 0.25) is 0 Å². The maximum Gasteiger partial charge on any atom is 0.163 e. The fourth-order valence-electron chi connectivity index (χ4n) is 2.81. The van der Waals surface area contributed by atoms with Gasteiger partial charge in [0.05, 0.1) is 0 Å². The molecule has 0 fully saturated rings. The zero-order chi connectivity index (χ0) is 11.2. The number of aromatic nitrogens is 3. The summed E-state index contributed by atoms with van der Waals surface area (Å²) in [6.07, 6.45) is 3.38. The Morgan fingerprint density at radius 2 is 2.18 bits per heavy atom. The molecule has 0 radical (unpaired) electrons. The van der Waals surface area contributed by atoms with Crippen LogP contribution in [0.15, 0.2) is 18.2 Å². The lowest BCUT2D eigenvalue weighted by molar-refractivity contribution is 0.748. The first-order valence-corrected chi connectivity index (χ1v) is 6.21. The first-order valence-electron chi connectivity index (χ1n) is 6.21. The van der Waals surface area contributed by atoms with Crippen molar-refractivity contribution in [3.05, 3.63) is 29.6 Å². The highest BCUT2D eigenvalue weighted by Gasteiger charge is 2.19. The number of rotatable bonds is 1. The molecule has 1 N–H and O–H groups in total. The molecule has 4 nitrogen and oxygen atoms in total. The van der Waals surface area contributed by atoms with Gasteiger partial charge in [-0.2, -0.15) is 0 Å². The van der Waals surface area contributed by atoms with Crippen LogP contribution in [0.4, 0.5) is 5.69 Å². The summed E-state index contributed by atoms with van der Waals surface area (Å²) in [5.41, 5.74) is 3.88. The Hall–Kier alpha value is -1.84. The number of aryl methyl sites for hydroxylation is 1. The molecule has 0 saturated carbocycles. The van der Waals surface area contributed by atoms with Crippen LogP contribution >= 0.6 is 0 Å². The van der Waals surface area contributed by atoms with Gasteiger partial charge < -0.3 is 9.88 Å². The summed E-state index contributed by atoms with van der Waals surface area (Å²) in [7, 11) is 0. The van der Waals surface area contributed by atoms with Crippen molar-refractivity contribution in [1.29, 1.82) is 0 Å². The molecule has 0 unspecified atom stereocenters. The molecule has 0 amide bonds. The SMILES string of the molecule is c1cc2c(cc1-c1nnc3n1CCC3)CCN2. The van der Waals surface area contributed by atoms with Gasteiger partial charge >= 0.3 is 0 Å². The molecule has 3 heterocycles. The third-order valence-corrected chi connectivity index (χ3v) is 3.68. The average molecular weight is 226 g/mol. The number of hydrogen-bond donors (Lipinski definition) is 1. The van der Waals surface area contributed by atoms with Gasteiger partial charge in [0.1, 0.15) is 5.82 Å². The summed E-state index contributed by atoms with van der Waals surface area (Å²) in [6.45, 7) is 2.11. The van der Waals surface area contributed by atoms with Crippen molar-refractivity contribution >= 4 is 5.69 Å². The van der Waals surface area contributed by atoms with Gasteiger partial charge in [0, 0.05) is 30.8 Å². The van der Waals surface area contributed by atoms with Crippen molar-refractivity contribution in [2.24, 2.45) is 0 Å². The van der Waals surface area contributed by atoms with E-state index in [1.807, 2.05) is 0 Å². The van der Waals surface area contributed by atoms with Crippen LogP contribution < -0.4 is 5.32 Å². The lowest BCUT2D eigenvalue weighted by Crippen LogP contribution is -1.96. The van der Waals surface area contributed by atoms with E-state index in [2.05, 4.69) is 38.3 Å².